The minimum atomic E-state index is -0.387. The maximum absolute atomic E-state index is 13.3. The van der Waals surface area contributed by atoms with Gasteiger partial charge in [0.15, 0.2) is 17.3 Å². The predicted molar refractivity (Wildman–Crippen MR) is 110 cm³/mol. The van der Waals surface area contributed by atoms with E-state index >= 15 is 0 Å². The molecule has 0 heterocycles. The summed E-state index contributed by atoms with van der Waals surface area (Å²) >= 11 is 0. The first-order chi connectivity index (χ1) is 13.2. The van der Waals surface area contributed by atoms with Crippen molar-refractivity contribution in [3.05, 3.63) is 47.5 Å². The Labute approximate surface area is 167 Å². The predicted octanol–water partition coefficient (Wildman–Crippen LogP) is 5.35. The van der Waals surface area contributed by atoms with Crippen LogP contribution in [0.5, 0.6) is 23.0 Å². The minimum Gasteiger partial charge on any atom is -0.504 e. The van der Waals surface area contributed by atoms with Crippen molar-refractivity contribution < 1.29 is 24.1 Å². The Hall–Kier alpha value is -2.69. The van der Waals surface area contributed by atoms with E-state index in [1.54, 1.807) is 6.07 Å². The molecule has 1 atom stereocenters. The molecule has 5 heteroatoms. The maximum atomic E-state index is 13.3. The molecule has 2 rings (SSSR count). The van der Waals surface area contributed by atoms with E-state index in [0.717, 1.165) is 11.3 Å². The molecule has 0 fully saturated rings. The van der Waals surface area contributed by atoms with Crippen LogP contribution in [0.2, 0.25) is 0 Å². The summed E-state index contributed by atoms with van der Waals surface area (Å²) in [7, 11) is 0. The molecule has 1 N–H and O–H groups in total. The van der Waals surface area contributed by atoms with Gasteiger partial charge >= 0.3 is 0 Å². The van der Waals surface area contributed by atoms with Gasteiger partial charge in [-0.15, -0.1) is 0 Å². The lowest BCUT2D eigenvalue weighted by Crippen LogP contribution is -2.16. The summed E-state index contributed by atoms with van der Waals surface area (Å²) in [6.45, 7) is 11.8. The molecule has 5 nitrogen and oxygen atoms in total. The summed E-state index contributed by atoms with van der Waals surface area (Å²) in [4.78, 5) is 13.3. The number of phenolic OH excluding ortho intramolecular Hbond substituents is 1. The third kappa shape index (κ3) is 5.18. The van der Waals surface area contributed by atoms with Gasteiger partial charge in [-0.3, -0.25) is 4.79 Å². The summed E-state index contributed by atoms with van der Waals surface area (Å²) in [6, 6.07) is 10.6. The van der Waals surface area contributed by atoms with E-state index < -0.39 is 0 Å². The molecule has 0 saturated heterocycles. The van der Waals surface area contributed by atoms with Gasteiger partial charge in [0.25, 0.3) is 0 Å². The number of aromatic hydroxyl groups is 1. The highest BCUT2D eigenvalue weighted by Gasteiger charge is 2.26. The van der Waals surface area contributed by atoms with Gasteiger partial charge in [0.05, 0.1) is 24.4 Å². The number of rotatable bonds is 9. The largest absolute Gasteiger partial charge is 0.504 e. The van der Waals surface area contributed by atoms with Crippen LogP contribution in [0.15, 0.2) is 36.4 Å². The van der Waals surface area contributed by atoms with Gasteiger partial charge in [0, 0.05) is 5.92 Å². The summed E-state index contributed by atoms with van der Waals surface area (Å²) in [5, 5.41) is 10.3. The average molecular weight is 386 g/mol. The summed E-state index contributed by atoms with van der Waals surface area (Å²) in [5.74, 6) is 0.719. The van der Waals surface area contributed by atoms with E-state index in [4.69, 9.17) is 14.2 Å². The SMILES string of the molecule is CCOc1ccc(C(C)C(=O)c2ccc(O)c(OC(C)C)c2OC(C)C)cc1. The van der Waals surface area contributed by atoms with Crippen LogP contribution in [-0.2, 0) is 0 Å². The molecule has 0 radical (unpaired) electrons. The fraction of sp³-hybridized carbons (Fsp3) is 0.435. The topological polar surface area (TPSA) is 65.0 Å². The molecule has 0 bridgehead atoms. The van der Waals surface area contributed by atoms with E-state index in [1.165, 1.54) is 6.07 Å². The molecular weight excluding hydrogens is 356 g/mol. The van der Waals surface area contributed by atoms with Crippen molar-refractivity contribution in [3.8, 4) is 23.0 Å². The molecule has 28 heavy (non-hydrogen) atoms. The van der Waals surface area contributed by atoms with E-state index in [-0.39, 0.29) is 41.2 Å². The first-order valence-corrected chi connectivity index (χ1v) is 9.70. The van der Waals surface area contributed by atoms with E-state index in [2.05, 4.69) is 0 Å². The molecule has 0 spiro atoms. The van der Waals surface area contributed by atoms with Crippen molar-refractivity contribution in [2.24, 2.45) is 0 Å². The van der Waals surface area contributed by atoms with Crippen molar-refractivity contribution >= 4 is 5.78 Å². The fourth-order valence-electron chi connectivity index (χ4n) is 2.85. The molecule has 0 aliphatic rings. The van der Waals surface area contributed by atoms with Crippen LogP contribution >= 0.6 is 0 Å². The van der Waals surface area contributed by atoms with Crippen LogP contribution in [0.3, 0.4) is 0 Å². The summed E-state index contributed by atoms with van der Waals surface area (Å²) < 4.78 is 17.1. The highest BCUT2D eigenvalue weighted by Crippen LogP contribution is 2.42. The molecular formula is C23H30O5. The molecule has 0 aliphatic heterocycles. The Kier molecular flexibility index (Phi) is 7.32. The third-order valence-electron chi connectivity index (χ3n) is 4.15. The Morgan fingerprint density at radius 1 is 0.893 bits per heavy atom. The summed E-state index contributed by atoms with van der Waals surface area (Å²) in [6.07, 6.45) is -0.349. The third-order valence-corrected chi connectivity index (χ3v) is 4.15. The van der Waals surface area contributed by atoms with Crippen molar-refractivity contribution in [3.63, 3.8) is 0 Å². The average Bonchev–Trinajstić information content (AvgIpc) is 2.64. The molecule has 2 aromatic rings. The van der Waals surface area contributed by atoms with Crippen molar-refractivity contribution in [2.75, 3.05) is 6.61 Å². The number of carbonyl (C=O) groups excluding carboxylic acids is 1. The molecule has 0 saturated carbocycles. The molecule has 1 unspecified atom stereocenters. The van der Waals surface area contributed by atoms with Gasteiger partial charge in [-0.05, 0) is 64.4 Å². The zero-order chi connectivity index (χ0) is 20.8. The van der Waals surface area contributed by atoms with E-state index in [1.807, 2.05) is 65.8 Å². The first kappa shape index (κ1) is 21.6. The van der Waals surface area contributed by atoms with Crippen LogP contribution < -0.4 is 14.2 Å². The number of phenols is 1. The molecule has 0 amide bonds. The lowest BCUT2D eigenvalue weighted by Gasteiger charge is -2.22. The van der Waals surface area contributed by atoms with Gasteiger partial charge in [-0.25, -0.2) is 0 Å². The number of benzene rings is 2. The van der Waals surface area contributed by atoms with Crippen LogP contribution in [-0.4, -0.2) is 29.7 Å². The van der Waals surface area contributed by atoms with Crippen molar-refractivity contribution in [1.82, 2.24) is 0 Å². The fourth-order valence-corrected chi connectivity index (χ4v) is 2.85. The highest BCUT2D eigenvalue weighted by molar-refractivity contribution is 6.04. The van der Waals surface area contributed by atoms with Crippen LogP contribution in [0, 0.1) is 0 Å². The zero-order valence-electron chi connectivity index (χ0n) is 17.5. The second-order valence-corrected chi connectivity index (χ2v) is 7.21. The van der Waals surface area contributed by atoms with Gasteiger partial charge in [0.2, 0.25) is 5.75 Å². The zero-order valence-corrected chi connectivity index (χ0v) is 17.5. The molecule has 152 valence electrons. The quantitative estimate of drug-likeness (QED) is 0.588. The number of Topliss-reactive ketones (excluding diaryl/α,β-unsaturated/α-hetero) is 1. The molecule has 2 aromatic carbocycles. The lowest BCUT2D eigenvalue weighted by molar-refractivity contribution is 0.0957. The van der Waals surface area contributed by atoms with Crippen LogP contribution in [0.1, 0.15) is 63.4 Å². The normalized spacial score (nSPS) is 12.1. The number of ether oxygens (including phenoxy) is 3. The molecule has 0 aromatic heterocycles. The van der Waals surface area contributed by atoms with Gasteiger partial charge in [0.1, 0.15) is 5.75 Å². The first-order valence-electron chi connectivity index (χ1n) is 9.70. The van der Waals surface area contributed by atoms with Gasteiger partial charge < -0.3 is 19.3 Å². The Bertz CT molecular complexity index is 793. The maximum Gasteiger partial charge on any atom is 0.204 e. The minimum absolute atomic E-state index is 0.0466. The van der Waals surface area contributed by atoms with Crippen LogP contribution in [0.4, 0.5) is 0 Å². The smallest absolute Gasteiger partial charge is 0.204 e. The van der Waals surface area contributed by atoms with E-state index in [9.17, 15) is 9.90 Å². The van der Waals surface area contributed by atoms with Gasteiger partial charge in [-0.1, -0.05) is 19.1 Å². The van der Waals surface area contributed by atoms with Gasteiger partial charge in [-0.2, -0.15) is 0 Å². The van der Waals surface area contributed by atoms with Crippen molar-refractivity contribution in [1.29, 1.82) is 0 Å². The molecule has 0 aliphatic carbocycles. The van der Waals surface area contributed by atoms with Crippen molar-refractivity contribution in [2.45, 2.75) is 59.7 Å². The highest BCUT2D eigenvalue weighted by atomic mass is 16.5. The number of hydrogen-bond donors (Lipinski definition) is 1. The summed E-state index contributed by atoms with van der Waals surface area (Å²) in [5.41, 5.74) is 1.27. The Morgan fingerprint density at radius 3 is 2.00 bits per heavy atom. The number of ketones is 1. The standard InChI is InChI=1S/C23H30O5/c1-7-26-18-10-8-17(9-11-18)16(6)21(25)19-12-13-20(24)23(28-15(4)5)22(19)27-14(2)3/h8-16,24H,7H2,1-6H3. The van der Waals surface area contributed by atoms with E-state index in [0.29, 0.717) is 12.2 Å². The van der Waals surface area contributed by atoms with Crippen LogP contribution in [0.25, 0.3) is 0 Å². The Balaban J connectivity index is 2.42. The number of hydrogen-bond acceptors (Lipinski definition) is 5. The Morgan fingerprint density at radius 2 is 1.46 bits per heavy atom. The lowest BCUT2D eigenvalue weighted by atomic mass is 9.91. The second kappa shape index (κ2) is 9.49. The monoisotopic (exact) mass is 386 g/mol. The number of carbonyl (C=O) groups is 1. The second-order valence-electron chi connectivity index (χ2n) is 7.21.